The minimum Gasteiger partial charge on any atom is -0.356 e. The average Bonchev–Trinajstić information content (AvgIpc) is 3.00. The molecule has 3 heteroatoms. The molecule has 0 aliphatic carbocycles. The number of rotatable bonds is 3. The van der Waals surface area contributed by atoms with E-state index in [1.165, 1.54) is 27.8 Å². The van der Waals surface area contributed by atoms with E-state index in [9.17, 15) is 4.79 Å². The third-order valence-corrected chi connectivity index (χ3v) is 5.21. The number of hydrogen-bond acceptors (Lipinski definition) is 1. The molecule has 1 aliphatic heterocycles. The minimum atomic E-state index is -0.0178. The number of nitrogens with zero attached hydrogens (tertiary/aromatic N) is 1. The molecule has 2 heterocycles. The Morgan fingerprint density at radius 3 is 2.68 bits per heavy atom. The number of aromatic nitrogens is 1. The molecule has 3 nitrogen and oxygen atoms in total. The fourth-order valence-electron chi connectivity index (χ4n) is 3.96. The number of fused-ring (bicyclic) bond motifs is 3. The Bertz CT molecular complexity index is 907. The van der Waals surface area contributed by atoms with Gasteiger partial charge in [0, 0.05) is 29.6 Å². The van der Waals surface area contributed by atoms with Crippen molar-refractivity contribution in [2.75, 3.05) is 6.54 Å². The van der Waals surface area contributed by atoms with Gasteiger partial charge in [-0.1, -0.05) is 55.0 Å². The van der Waals surface area contributed by atoms with Crippen LogP contribution in [0.25, 0.3) is 10.9 Å². The second-order valence-corrected chi connectivity index (χ2v) is 6.96. The molecule has 0 unspecified atom stereocenters. The first-order valence-corrected chi connectivity index (χ1v) is 9.14. The highest BCUT2D eigenvalue weighted by Gasteiger charge is 2.33. The van der Waals surface area contributed by atoms with Gasteiger partial charge in [-0.25, -0.2) is 0 Å². The van der Waals surface area contributed by atoms with Gasteiger partial charge in [-0.05, 0) is 37.0 Å². The number of hydrogen-bond donors (Lipinski definition) is 1. The SMILES string of the molecule is CCCC(=O)N1CCc2c([nH]c3ccccc23)[C@H]1c1ccc(C)cc1. The number of benzene rings is 2. The second-order valence-electron chi connectivity index (χ2n) is 6.96. The molecule has 3 aromatic rings. The Hall–Kier alpha value is -2.55. The van der Waals surface area contributed by atoms with Crippen LogP contribution in [0.1, 0.15) is 48.2 Å². The van der Waals surface area contributed by atoms with Crippen molar-refractivity contribution in [1.29, 1.82) is 0 Å². The summed E-state index contributed by atoms with van der Waals surface area (Å²) in [5.74, 6) is 0.248. The molecule has 1 amide bonds. The molecular weight excluding hydrogens is 308 g/mol. The van der Waals surface area contributed by atoms with Crippen LogP contribution in [0, 0.1) is 6.92 Å². The van der Waals surface area contributed by atoms with Crippen molar-refractivity contribution < 1.29 is 4.79 Å². The molecule has 2 aromatic carbocycles. The Labute approximate surface area is 148 Å². The smallest absolute Gasteiger partial charge is 0.223 e. The van der Waals surface area contributed by atoms with Crippen LogP contribution in [0.2, 0.25) is 0 Å². The molecule has 0 bridgehead atoms. The predicted octanol–water partition coefficient (Wildman–Crippen LogP) is 4.75. The van der Waals surface area contributed by atoms with Crippen molar-refractivity contribution in [3.63, 3.8) is 0 Å². The Kier molecular flexibility index (Phi) is 4.08. The zero-order valence-electron chi connectivity index (χ0n) is 14.9. The number of H-pyrrole nitrogens is 1. The fraction of sp³-hybridized carbons (Fsp3) is 0.318. The maximum Gasteiger partial charge on any atom is 0.223 e. The standard InChI is InChI=1S/C22H24N2O/c1-3-6-20(25)24-14-13-18-17-7-4-5-8-19(17)23-21(18)22(24)16-11-9-15(2)10-12-16/h4-5,7-12,22-23H,3,6,13-14H2,1-2H3/t22-/m1/s1. The summed E-state index contributed by atoms with van der Waals surface area (Å²) in [5.41, 5.74) is 6.13. The first-order chi connectivity index (χ1) is 12.2. The average molecular weight is 332 g/mol. The summed E-state index contributed by atoms with van der Waals surface area (Å²) in [7, 11) is 0. The van der Waals surface area contributed by atoms with Crippen molar-refractivity contribution in [3.8, 4) is 0 Å². The molecule has 25 heavy (non-hydrogen) atoms. The Morgan fingerprint density at radius 2 is 1.92 bits per heavy atom. The maximum atomic E-state index is 12.8. The van der Waals surface area contributed by atoms with Gasteiger partial charge in [0.2, 0.25) is 5.91 Å². The molecule has 0 saturated carbocycles. The molecule has 1 N–H and O–H groups in total. The summed E-state index contributed by atoms with van der Waals surface area (Å²) in [6.45, 7) is 4.95. The van der Waals surface area contributed by atoms with Gasteiger partial charge in [-0.15, -0.1) is 0 Å². The van der Waals surface area contributed by atoms with Crippen molar-refractivity contribution in [1.82, 2.24) is 9.88 Å². The molecule has 128 valence electrons. The van der Waals surface area contributed by atoms with Crippen LogP contribution in [-0.4, -0.2) is 22.3 Å². The lowest BCUT2D eigenvalue weighted by atomic mass is 9.91. The van der Waals surface area contributed by atoms with Crippen molar-refractivity contribution in [3.05, 3.63) is 70.9 Å². The lowest BCUT2D eigenvalue weighted by molar-refractivity contribution is -0.133. The van der Waals surface area contributed by atoms with Gasteiger partial charge in [0.05, 0.1) is 6.04 Å². The molecule has 1 atom stereocenters. The van der Waals surface area contributed by atoms with E-state index in [2.05, 4.69) is 72.3 Å². The lowest BCUT2D eigenvalue weighted by Crippen LogP contribution is -2.40. The second kappa shape index (κ2) is 6.40. The quantitative estimate of drug-likeness (QED) is 0.738. The minimum absolute atomic E-state index is 0.0178. The number of para-hydroxylation sites is 1. The summed E-state index contributed by atoms with van der Waals surface area (Å²) in [5, 5.41) is 1.29. The normalized spacial score (nSPS) is 16.9. The third kappa shape index (κ3) is 2.74. The summed E-state index contributed by atoms with van der Waals surface area (Å²) in [6, 6.07) is 17.0. The summed E-state index contributed by atoms with van der Waals surface area (Å²) < 4.78 is 0. The van der Waals surface area contributed by atoms with E-state index in [4.69, 9.17) is 0 Å². The maximum absolute atomic E-state index is 12.8. The molecule has 1 aliphatic rings. The summed E-state index contributed by atoms with van der Waals surface area (Å²) in [4.78, 5) is 18.5. The molecule has 1 aromatic heterocycles. The molecular formula is C22H24N2O. The first-order valence-electron chi connectivity index (χ1n) is 9.14. The Morgan fingerprint density at radius 1 is 1.16 bits per heavy atom. The van der Waals surface area contributed by atoms with E-state index in [0.717, 1.165) is 24.9 Å². The van der Waals surface area contributed by atoms with Crippen LogP contribution < -0.4 is 0 Å². The lowest BCUT2D eigenvalue weighted by Gasteiger charge is -2.36. The van der Waals surface area contributed by atoms with Crippen molar-refractivity contribution in [2.45, 2.75) is 39.2 Å². The molecule has 0 saturated heterocycles. The van der Waals surface area contributed by atoms with Crippen LogP contribution in [-0.2, 0) is 11.2 Å². The predicted molar refractivity (Wildman–Crippen MR) is 102 cm³/mol. The number of amides is 1. The van der Waals surface area contributed by atoms with Gasteiger partial charge in [0.25, 0.3) is 0 Å². The van der Waals surface area contributed by atoms with Crippen molar-refractivity contribution >= 4 is 16.8 Å². The zero-order chi connectivity index (χ0) is 17.4. The van der Waals surface area contributed by atoms with Gasteiger partial charge in [0.1, 0.15) is 0 Å². The van der Waals surface area contributed by atoms with Crippen LogP contribution in [0.15, 0.2) is 48.5 Å². The molecule has 0 radical (unpaired) electrons. The van der Waals surface area contributed by atoms with Gasteiger partial charge in [0.15, 0.2) is 0 Å². The number of nitrogens with one attached hydrogen (secondary N) is 1. The van der Waals surface area contributed by atoms with E-state index in [1.807, 2.05) is 0 Å². The van der Waals surface area contributed by atoms with Gasteiger partial charge in [-0.3, -0.25) is 4.79 Å². The summed E-state index contributed by atoms with van der Waals surface area (Å²) in [6.07, 6.45) is 2.41. The number of aromatic amines is 1. The number of carbonyl (C=O) groups is 1. The monoisotopic (exact) mass is 332 g/mol. The topological polar surface area (TPSA) is 36.1 Å². The van der Waals surface area contributed by atoms with Crippen LogP contribution >= 0.6 is 0 Å². The van der Waals surface area contributed by atoms with E-state index in [1.54, 1.807) is 0 Å². The van der Waals surface area contributed by atoms with E-state index in [-0.39, 0.29) is 11.9 Å². The van der Waals surface area contributed by atoms with Gasteiger partial charge < -0.3 is 9.88 Å². The number of carbonyl (C=O) groups excluding carboxylic acids is 1. The van der Waals surface area contributed by atoms with E-state index < -0.39 is 0 Å². The first kappa shape index (κ1) is 15.9. The highest BCUT2D eigenvalue weighted by Crippen LogP contribution is 2.38. The molecule has 0 spiro atoms. The van der Waals surface area contributed by atoms with Gasteiger partial charge in [-0.2, -0.15) is 0 Å². The summed E-state index contributed by atoms with van der Waals surface area (Å²) >= 11 is 0. The van der Waals surface area contributed by atoms with Crippen LogP contribution in [0.3, 0.4) is 0 Å². The van der Waals surface area contributed by atoms with Crippen LogP contribution in [0.5, 0.6) is 0 Å². The van der Waals surface area contributed by atoms with Crippen molar-refractivity contribution in [2.24, 2.45) is 0 Å². The zero-order valence-corrected chi connectivity index (χ0v) is 14.9. The largest absolute Gasteiger partial charge is 0.356 e. The molecule has 0 fully saturated rings. The van der Waals surface area contributed by atoms with Crippen LogP contribution in [0.4, 0.5) is 0 Å². The van der Waals surface area contributed by atoms with E-state index in [0.29, 0.717) is 6.42 Å². The fourth-order valence-corrected chi connectivity index (χ4v) is 3.96. The van der Waals surface area contributed by atoms with E-state index >= 15 is 0 Å². The highest BCUT2D eigenvalue weighted by molar-refractivity contribution is 5.86. The Balaban J connectivity index is 1.87. The molecule has 4 rings (SSSR count). The third-order valence-electron chi connectivity index (χ3n) is 5.21. The van der Waals surface area contributed by atoms with Gasteiger partial charge >= 0.3 is 0 Å². The highest BCUT2D eigenvalue weighted by atomic mass is 16.2. The number of aryl methyl sites for hydroxylation is 1.